The van der Waals surface area contributed by atoms with Gasteiger partial charge in [0.15, 0.2) is 5.16 Å². The lowest BCUT2D eigenvalue weighted by Crippen LogP contribution is -2.60. The Morgan fingerprint density at radius 2 is 1.75 bits per heavy atom. The molecule has 1 aromatic rings. The number of rotatable bonds is 6. The summed E-state index contributed by atoms with van der Waals surface area (Å²) in [6.45, 7) is 2.35. The molecule has 0 aromatic carbocycles. The number of aromatic nitrogens is 3. The fraction of sp³-hybridized carbons (Fsp3) is 0.857. The van der Waals surface area contributed by atoms with Gasteiger partial charge < -0.3 is 15.0 Å². The quantitative estimate of drug-likeness (QED) is 0.640. The number of morpholine rings is 1. The number of thioether (sulfide) groups is 1. The van der Waals surface area contributed by atoms with Gasteiger partial charge in [-0.2, -0.15) is 13.2 Å². The van der Waals surface area contributed by atoms with Gasteiger partial charge in [-0.3, -0.25) is 9.36 Å². The van der Waals surface area contributed by atoms with Crippen molar-refractivity contribution in [2.45, 2.75) is 74.1 Å². The minimum absolute atomic E-state index is 0.119. The third-order valence-corrected chi connectivity index (χ3v) is 8.49. The molecule has 5 fully saturated rings. The largest absolute Gasteiger partial charge is 0.406 e. The van der Waals surface area contributed by atoms with E-state index in [2.05, 4.69) is 15.5 Å². The first-order valence-electron chi connectivity index (χ1n) is 11.5. The van der Waals surface area contributed by atoms with Crippen LogP contribution in [0, 0.1) is 17.8 Å². The molecule has 1 unspecified atom stereocenters. The lowest BCUT2D eigenvalue weighted by atomic mass is 9.53. The number of ether oxygens (including phenoxy) is 1. The van der Waals surface area contributed by atoms with Crippen LogP contribution in [0.15, 0.2) is 5.16 Å². The van der Waals surface area contributed by atoms with Gasteiger partial charge in [0.25, 0.3) is 0 Å². The van der Waals surface area contributed by atoms with Crippen molar-refractivity contribution in [2.24, 2.45) is 17.8 Å². The molecule has 1 atom stereocenters. The Labute approximate surface area is 189 Å². The van der Waals surface area contributed by atoms with E-state index in [1.165, 1.54) is 19.3 Å². The molecule has 4 aliphatic carbocycles. The molecule has 178 valence electrons. The van der Waals surface area contributed by atoms with Crippen LogP contribution in [0.2, 0.25) is 0 Å². The summed E-state index contributed by atoms with van der Waals surface area (Å²) in [5, 5.41) is 11.0. The number of alkyl halides is 3. The Morgan fingerprint density at radius 1 is 1.16 bits per heavy atom. The monoisotopic (exact) mass is 473 g/mol. The van der Waals surface area contributed by atoms with E-state index in [1.54, 1.807) is 11.8 Å². The minimum atomic E-state index is -4.41. The molecule has 1 aromatic heterocycles. The smallest absolute Gasteiger partial charge is 0.378 e. The second kappa shape index (κ2) is 8.38. The van der Waals surface area contributed by atoms with Gasteiger partial charge in [0.05, 0.1) is 18.5 Å². The lowest BCUT2D eigenvalue weighted by Gasteiger charge is -2.57. The van der Waals surface area contributed by atoms with Gasteiger partial charge in [0, 0.05) is 18.6 Å². The predicted molar refractivity (Wildman–Crippen MR) is 113 cm³/mol. The summed E-state index contributed by atoms with van der Waals surface area (Å²) in [5.41, 5.74) is -0.126. The molecule has 0 spiro atoms. The van der Waals surface area contributed by atoms with Gasteiger partial charge in [0.1, 0.15) is 6.54 Å². The van der Waals surface area contributed by atoms with Crippen LogP contribution in [-0.2, 0) is 16.1 Å². The molecule has 1 N–H and O–H groups in total. The zero-order valence-electron chi connectivity index (χ0n) is 18.2. The molecular formula is C21H30F3N5O2S. The van der Waals surface area contributed by atoms with Crippen LogP contribution in [0.25, 0.3) is 0 Å². The topological polar surface area (TPSA) is 72.3 Å². The molecule has 2 heterocycles. The van der Waals surface area contributed by atoms with E-state index in [4.69, 9.17) is 4.74 Å². The van der Waals surface area contributed by atoms with Gasteiger partial charge in [-0.1, -0.05) is 11.8 Å². The van der Waals surface area contributed by atoms with Crippen LogP contribution in [-0.4, -0.2) is 63.9 Å². The summed E-state index contributed by atoms with van der Waals surface area (Å²) < 4.78 is 46.4. The van der Waals surface area contributed by atoms with Gasteiger partial charge in [0.2, 0.25) is 11.9 Å². The van der Waals surface area contributed by atoms with Crippen LogP contribution < -0.4 is 10.2 Å². The van der Waals surface area contributed by atoms with Crippen LogP contribution >= 0.6 is 11.8 Å². The van der Waals surface area contributed by atoms with Gasteiger partial charge in [-0.25, -0.2) is 0 Å². The molecule has 0 radical (unpaired) electrons. The summed E-state index contributed by atoms with van der Waals surface area (Å²) in [7, 11) is 0. The third-order valence-electron chi connectivity index (χ3n) is 7.41. The van der Waals surface area contributed by atoms with Crippen molar-refractivity contribution in [1.29, 1.82) is 0 Å². The van der Waals surface area contributed by atoms with Crippen molar-refractivity contribution in [3.8, 4) is 0 Å². The van der Waals surface area contributed by atoms with E-state index in [9.17, 15) is 18.0 Å². The fourth-order valence-corrected chi connectivity index (χ4v) is 7.37. The maximum absolute atomic E-state index is 13.3. The third kappa shape index (κ3) is 4.60. The Kier molecular flexibility index (Phi) is 5.84. The van der Waals surface area contributed by atoms with E-state index in [0.29, 0.717) is 44.1 Å². The van der Waals surface area contributed by atoms with Crippen molar-refractivity contribution in [1.82, 2.24) is 20.1 Å². The number of halogens is 3. The molecule has 5 aliphatic rings. The predicted octanol–water partition coefficient (Wildman–Crippen LogP) is 3.24. The molecule has 6 rings (SSSR count). The average molecular weight is 474 g/mol. The molecule has 1 aliphatic heterocycles. The molecule has 1 amide bonds. The second-order valence-corrected chi connectivity index (χ2v) is 11.3. The zero-order valence-corrected chi connectivity index (χ0v) is 19.1. The van der Waals surface area contributed by atoms with Crippen molar-refractivity contribution >= 4 is 23.6 Å². The van der Waals surface area contributed by atoms with E-state index >= 15 is 0 Å². The standard InChI is InChI=1S/C21H30F3N5O2S/c1-13(17(30)25-20-9-14-6-15(10-20)8-16(7-14)11-20)32-19-27-26-18(28-2-4-31-5-3-28)29(19)12-21(22,23)24/h13-16H,2-12H2,1H3,(H,25,30). The Bertz CT molecular complexity index is 820. The minimum Gasteiger partial charge on any atom is -0.378 e. The maximum atomic E-state index is 13.3. The highest BCUT2D eigenvalue weighted by molar-refractivity contribution is 8.00. The van der Waals surface area contributed by atoms with E-state index in [1.807, 2.05) is 0 Å². The summed E-state index contributed by atoms with van der Waals surface area (Å²) in [4.78, 5) is 14.9. The molecule has 4 saturated carbocycles. The van der Waals surface area contributed by atoms with E-state index in [-0.39, 0.29) is 22.6 Å². The molecule has 7 nitrogen and oxygen atoms in total. The first-order valence-corrected chi connectivity index (χ1v) is 12.4. The highest BCUT2D eigenvalue weighted by atomic mass is 32.2. The number of anilines is 1. The fourth-order valence-electron chi connectivity index (χ4n) is 6.52. The summed E-state index contributed by atoms with van der Waals surface area (Å²) in [6.07, 6.45) is 2.54. The molecule has 1 saturated heterocycles. The molecular weight excluding hydrogens is 443 g/mol. The van der Waals surface area contributed by atoms with E-state index in [0.717, 1.165) is 35.6 Å². The number of hydrogen-bond donors (Lipinski definition) is 1. The highest BCUT2D eigenvalue weighted by Gasteiger charge is 2.51. The Balaban J connectivity index is 1.29. The Morgan fingerprint density at radius 3 is 2.31 bits per heavy atom. The van der Waals surface area contributed by atoms with E-state index < -0.39 is 18.0 Å². The van der Waals surface area contributed by atoms with Crippen LogP contribution in [0.4, 0.5) is 19.1 Å². The summed E-state index contributed by atoms with van der Waals surface area (Å²) in [6, 6.07) is 0. The molecule has 11 heteroatoms. The number of hydrogen-bond acceptors (Lipinski definition) is 6. The summed E-state index contributed by atoms with van der Waals surface area (Å²) in [5.74, 6) is 2.18. The SMILES string of the molecule is CC(Sc1nnc(N2CCOCC2)n1CC(F)(F)F)C(=O)NC12CC3CC(CC(C3)C1)C2. The van der Waals surface area contributed by atoms with Crippen LogP contribution in [0.1, 0.15) is 45.4 Å². The Hall–Kier alpha value is -1.49. The van der Waals surface area contributed by atoms with Crippen molar-refractivity contribution in [3.05, 3.63) is 0 Å². The highest BCUT2D eigenvalue weighted by Crippen LogP contribution is 2.55. The first kappa shape index (κ1) is 22.3. The number of nitrogens with one attached hydrogen (secondary N) is 1. The zero-order chi connectivity index (χ0) is 22.5. The van der Waals surface area contributed by atoms with Crippen molar-refractivity contribution in [2.75, 3.05) is 31.2 Å². The van der Waals surface area contributed by atoms with Crippen LogP contribution in [0.5, 0.6) is 0 Å². The van der Waals surface area contributed by atoms with Crippen LogP contribution in [0.3, 0.4) is 0 Å². The van der Waals surface area contributed by atoms with Crippen molar-refractivity contribution < 1.29 is 22.7 Å². The van der Waals surface area contributed by atoms with Gasteiger partial charge in [-0.15, -0.1) is 10.2 Å². The van der Waals surface area contributed by atoms with Crippen molar-refractivity contribution in [3.63, 3.8) is 0 Å². The van der Waals surface area contributed by atoms with Gasteiger partial charge >= 0.3 is 6.18 Å². The number of nitrogens with zero attached hydrogens (tertiary/aromatic N) is 4. The lowest BCUT2D eigenvalue weighted by molar-refractivity contribution is -0.141. The molecule has 32 heavy (non-hydrogen) atoms. The van der Waals surface area contributed by atoms with Gasteiger partial charge in [-0.05, 0) is 63.2 Å². The second-order valence-electron chi connectivity index (χ2n) is 10.0. The number of amides is 1. The number of carbonyl (C=O) groups excluding carboxylic acids is 1. The average Bonchev–Trinajstić information content (AvgIpc) is 3.07. The molecule has 4 bridgehead atoms. The first-order chi connectivity index (χ1) is 15.2. The summed E-state index contributed by atoms with van der Waals surface area (Å²) >= 11 is 1.05. The number of carbonyl (C=O) groups is 1. The maximum Gasteiger partial charge on any atom is 0.406 e. The normalized spacial score (nSPS) is 32.9.